The third-order valence-corrected chi connectivity index (χ3v) is 4.29. The molecule has 0 saturated carbocycles. The third-order valence-electron chi connectivity index (χ3n) is 3.96. The van der Waals surface area contributed by atoms with Gasteiger partial charge in [-0.15, -0.1) is 0 Å². The number of hydrogen-bond acceptors (Lipinski definition) is 8. The normalized spacial score (nSPS) is 11.8. The summed E-state index contributed by atoms with van der Waals surface area (Å²) in [6.07, 6.45) is 1.41. The lowest BCUT2D eigenvalue weighted by Crippen LogP contribution is -2.03. The number of fused-ring (bicyclic) bond motifs is 1. The quantitative estimate of drug-likeness (QED) is 0.619. The van der Waals surface area contributed by atoms with Crippen LogP contribution in [0.25, 0.3) is 0 Å². The zero-order chi connectivity index (χ0) is 19.5. The number of carbonyl (C=O) groups excluding carboxylic acids is 1. The predicted molar refractivity (Wildman–Crippen MR) is 104 cm³/mol. The van der Waals surface area contributed by atoms with Crippen LogP contribution >= 0.6 is 11.6 Å². The van der Waals surface area contributed by atoms with E-state index in [2.05, 4.69) is 20.6 Å². The van der Waals surface area contributed by atoms with Gasteiger partial charge in [-0.05, 0) is 30.3 Å². The van der Waals surface area contributed by atoms with Crippen LogP contribution < -0.4 is 20.1 Å². The van der Waals surface area contributed by atoms with E-state index in [0.29, 0.717) is 39.4 Å². The minimum absolute atomic E-state index is 0.214. The summed E-state index contributed by atoms with van der Waals surface area (Å²) in [6, 6.07) is 12.0. The molecule has 3 aromatic rings. The second-order valence-electron chi connectivity index (χ2n) is 5.79. The highest BCUT2D eigenvalue weighted by Crippen LogP contribution is 2.35. The second-order valence-corrected chi connectivity index (χ2v) is 6.20. The molecular formula is C19H15ClN4O4. The van der Waals surface area contributed by atoms with Gasteiger partial charge in [0.25, 0.3) is 0 Å². The summed E-state index contributed by atoms with van der Waals surface area (Å²) in [4.78, 5) is 20.1. The minimum Gasteiger partial charge on any atom is -0.465 e. The molecule has 1 aliphatic heterocycles. The maximum Gasteiger partial charge on any atom is 0.337 e. The topological polar surface area (TPSA) is 94.6 Å². The van der Waals surface area contributed by atoms with E-state index >= 15 is 0 Å². The first-order chi connectivity index (χ1) is 13.6. The van der Waals surface area contributed by atoms with Gasteiger partial charge < -0.3 is 24.8 Å². The lowest BCUT2D eigenvalue weighted by Gasteiger charge is -2.11. The fourth-order valence-electron chi connectivity index (χ4n) is 2.62. The van der Waals surface area contributed by atoms with Crippen LogP contribution in [-0.4, -0.2) is 29.8 Å². The Morgan fingerprint density at radius 3 is 2.64 bits per heavy atom. The van der Waals surface area contributed by atoms with E-state index in [0.717, 1.165) is 5.69 Å². The number of esters is 1. The number of nitrogens with one attached hydrogen (secondary N) is 2. The summed E-state index contributed by atoms with van der Waals surface area (Å²) in [5.74, 6) is 1.99. The smallest absolute Gasteiger partial charge is 0.337 e. The highest BCUT2D eigenvalue weighted by Gasteiger charge is 2.14. The van der Waals surface area contributed by atoms with Gasteiger partial charge in [0.2, 0.25) is 6.79 Å². The number of rotatable bonds is 5. The summed E-state index contributed by atoms with van der Waals surface area (Å²) >= 11 is 6.22. The van der Waals surface area contributed by atoms with Gasteiger partial charge >= 0.3 is 5.97 Å². The van der Waals surface area contributed by atoms with E-state index in [1.165, 1.54) is 13.4 Å². The van der Waals surface area contributed by atoms with Crippen molar-refractivity contribution in [2.24, 2.45) is 0 Å². The van der Waals surface area contributed by atoms with E-state index in [4.69, 9.17) is 25.8 Å². The molecule has 0 spiro atoms. The molecule has 28 heavy (non-hydrogen) atoms. The molecule has 1 aromatic heterocycles. The number of carbonyl (C=O) groups is 1. The number of nitrogens with zero attached hydrogens (tertiary/aromatic N) is 2. The van der Waals surface area contributed by atoms with Gasteiger partial charge in [-0.1, -0.05) is 11.6 Å². The van der Waals surface area contributed by atoms with E-state index in [1.54, 1.807) is 24.3 Å². The first-order valence-corrected chi connectivity index (χ1v) is 8.64. The Hall–Kier alpha value is -3.52. The summed E-state index contributed by atoms with van der Waals surface area (Å²) in [5, 5.41) is 6.70. The van der Waals surface area contributed by atoms with Crippen molar-refractivity contribution in [2.45, 2.75) is 0 Å². The van der Waals surface area contributed by atoms with Crippen molar-refractivity contribution in [3.63, 3.8) is 0 Å². The fourth-order valence-corrected chi connectivity index (χ4v) is 2.78. The molecular weight excluding hydrogens is 384 g/mol. The molecule has 0 amide bonds. The molecule has 0 radical (unpaired) electrons. The van der Waals surface area contributed by atoms with Crippen molar-refractivity contribution in [3.05, 3.63) is 59.4 Å². The average Bonchev–Trinajstić information content (AvgIpc) is 3.17. The number of benzene rings is 2. The standard InChI is InChI=1S/C19H15ClN4O4/c1-26-19(25)11-2-4-13(20)14(6-11)24-18-8-17(21-9-22-18)23-12-3-5-15-16(7-12)28-10-27-15/h2-9H,10H2,1H3,(H2,21,22,23,24). The second kappa shape index (κ2) is 7.61. The summed E-state index contributed by atoms with van der Waals surface area (Å²) in [7, 11) is 1.32. The van der Waals surface area contributed by atoms with Gasteiger partial charge in [0.1, 0.15) is 18.0 Å². The van der Waals surface area contributed by atoms with Crippen molar-refractivity contribution in [1.29, 1.82) is 0 Å². The number of aromatic nitrogens is 2. The first kappa shape index (κ1) is 17.9. The maximum atomic E-state index is 11.7. The molecule has 9 heteroatoms. The third kappa shape index (κ3) is 3.77. The molecule has 0 unspecified atom stereocenters. The largest absolute Gasteiger partial charge is 0.465 e. The molecule has 8 nitrogen and oxygen atoms in total. The zero-order valence-corrected chi connectivity index (χ0v) is 15.5. The van der Waals surface area contributed by atoms with E-state index in [-0.39, 0.29) is 6.79 Å². The number of hydrogen-bond donors (Lipinski definition) is 2. The van der Waals surface area contributed by atoms with Crippen LogP contribution in [0.15, 0.2) is 48.8 Å². The number of ether oxygens (including phenoxy) is 3. The molecule has 0 fully saturated rings. The van der Waals surface area contributed by atoms with E-state index in [9.17, 15) is 4.79 Å². The highest BCUT2D eigenvalue weighted by atomic mass is 35.5. The van der Waals surface area contributed by atoms with Crippen molar-refractivity contribution >= 4 is 40.6 Å². The van der Waals surface area contributed by atoms with Crippen molar-refractivity contribution in [3.8, 4) is 11.5 Å². The van der Waals surface area contributed by atoms with Crippen molar-refractivity contribution in [2.75, 3.05) is 24.5 Å². The Labute approximate surface area is 165 Å². The monoisotopic (exact) mass is 398 g/mol. The van der Waals surface area contributed by atoms with Crippen molar-refractivity contribution in [1.82, 2.24) is 9.97 Å². The van der Waals surface area contributed by atoms with Crippen LogP contribution in [-0.2, 0) is 4.74 Å². The van der Waals surface area contributed by atoms with Crippen LogP contribution in [0.5, 0.6) is 11.5 Å². The predicted octanol–water partition coefficient (Wildman–Crippen LogP) is 4.13. The first-order valence-electron chi connectivity index (χ1n) is 8.26. The van der Waals surface area contributed by atoms with E-state index in [1.807, 2.05) is 18.2 Å². The lowest BCUT2D eigenvalue weighted by molar-refractivity contribution is 0.0601. The number of methoxy groups -OCH3 is 1. The highest BCUT2D eigenvalue weighted by molar-refractivity contribution is 6.33. The van der Waals surface area contributed by atoms with Gasteiger partial charge in [-0.2, -0.15) is 0 Å². The zero-order valence-electron chi connectivity index (χ0n) is 14.7. The van der Waals surface area contributed by atoms with Gasteiger partial charge in [0.15, 0.2) is 11.5 Å². The molecule has 4 rings (SSSR count). The van der Waals surface area contributed by atoms with Gasteiger partial charge in [-0.3, -0.25) is 0 Å². The summed E-state index contributed by atoms with van der Waals surface area (Å²) in [5.41, 5.74) is 1.69. The van der Waals surface area contributed by atoms with Crippen LogP contribution in [0.1, 0.15) is 10.4 Å². The molecule has 0 saturated heterocycles. The molecule has 0 bridgehead atoms. The lowest BCUT2D eigenvalue weighted by atomic mass is 10.2. The van der Waals surface area contributed by atoms with Crippen LogP contribution in [0.3, 0.4) is 0 Å². The molecule has 142 valence electrons. The summed E-state index contributed by atoms with van der Waals surface area (Å²) in [6.45, 7) is 0.214. The fraction of sp³-hybridized carbons (Fsp3) is 0.105. The van der Waals surface area contributed by atoms with Crippen molar-refractivity contribution < 1.29 is 19.0 Å². The van der Waals surface area contributed by atoms with Gasteiger partial charge in [-0.25, -0.2) is 14.8 Å². The van der Waals surface area contributed by atoms with Crippen LogP contribution in [0.2, 0.25) is 5.02 Å². The molecule has 0 aliphatic carbocycles. The minimum atomic E-state index is -0.451. The number of halogens is 1. The molecule has 0 atom stereocenters. The SMILES string of the molecule is COC(=O)c1ccc(Cl)c(Nc2cc(Nc3ccc4c(c3)OCO4)ncn2)c1. The van der Waals surface area contributed by atoms with Gasteiger partial charge in [0.05, 0.1) is 23.4 Å². The van der Waals surface area contributed by atoms with Gasteiger partial charge in [0, 0.05) is 17.8 Å². The Morgan fingerprint density at radius 1 is 1.04 bits per heavy atom. The Kier molecular flexibility index (Phi) is 4.86. The molecule has 2 N–H and O–H groups in total. The Bertz CT molecular complexity index is 1040. The molecule has 2 aromatic carbocycles. The number of anilines is 4. The Morgan fingerprint density at radius 2 is 1.82 bits per heavy atom. The van der Waals surface area contributed by atoms with E-state index < -0.39 is 5.97 Å². The molecule has 2 heterocycles. The maximum absolute atomic E-state index is 11.7. The van der Waals surface area contributed by atoms with Crippen LogP contribution in [0.4, 0.5) is 23.0 Å². The average molecular weight is 399 g/mol. The van der Waals surface area contributed by atoms with Crippen LogP contribution in [0, 0.1) is 0 Å². The Balaban J connectivity index is 1.54. The molecule has 1 aliphatic rings. The summed E-state index contributed by atoms with van der Waals surface area (Å²) < 4.78 is 15.4.